The predicted molar refractivity (Wildman–Crippen MR) is 72.2 cm³/mol. The molecular formula is C13H14ClN3O2. The van der Waals surface area contributed by atoms with Gasteiger partial charge in [-0.1, -0.05) is 25.4 Å². The van der Waals surface area contributed by atoms with Crippen LogP contribution in [0.15, 0.2) is 18.2 Å². The first-order chi connectivity index (χ1) is 8.90. The van der Waals surface area contributed by atoms with E-state index in [2.05, 4.69) is 10.1 Å². The van der Waals surface area contributed by atoms with E-state index in [9.17, 15) is 4.79 Å². The van der Waals surface area contributed by atoms with Crippen molar-refractivity contribution >= 4 is 17.6 Å². The number of rotatable bonds is 3. The maximum atomic E-state index is 11.1. The molecule has 0 atom stereocenters. The molecule has 0 aliphatic heterocycles. The van der Waals surface area contributed by atoms with Gasteiger partial charge in [0.15, 0.2) is 0 Å². The van der Waals surface area contributed by atoms with Crippen LogP contribution in [0.2, 0.25) is 5.02 Å². The molecule has 19 heavy (non-hydrogen) atoms. The second-order valence-corrected chi connectivity index (χ2v) is 4.96. The fraction of sp³-hybridized carbons (Fsp3) is 0.308. The minimum Gasteiger partial charge on any atom is -0.478 e. The van der Waals surface area contributed by atoms with E-state index in [0.717, 1.165) is 5.82 Å². The maximum Gasteiger partial charge on any atom is 0.337 e. The number of aromatic carboxylic acids is 1. The van der Waals surface area contributed by atoms with Crippen molar-refractivity contribution < 1.29 is 9.90 Å². The molecule has 0 bridgehead atoms. The van der Waals surface area contributed by atoms with Crippen molar-refractivity contribution in [3.63, 3.8) is 0 Å². The summed E-state index contributed by atoms with van der Waals surface area (Å²) < 4.78 is 1.66. The number of benzene rings is 1. The summed E-state index contributed by atoms with van der Waals surface area (Å²) in [6.45, 7) is 5.82. The molecule has 2 aromatic rings. The Bertz CT molecular complexity index is 635. The number of carboxylic acid groups (broad SMARTS) is 1. The summed E-state index contributed by atoms with van der Waals surface area (Å²) in [6.07, 6.45) is 0. The Balaban J connectivity index is 2.59. The second kappa shape index (κ2) is 5.01. The Labute approximate surface area is 115 Å². The quantitative estimate of drug-likeness (QED) is 0.937. The number of nitrogens with zero attached hydrogens (tertiary/aromatic N) is 3. The van der Waals surface area contributed by atoms with Gasteiger partial charge in [0, 0.05) is 5.92 Å². The van der Waals surface area contributed by atoms with Crippen molar-refractivity contribution in [1.29, 1.82) is 0 Å². The van der Waals surface area contributed by atoms with Gasteiger partial charge in [-0.05, 0) is 25.1 Å². The lowest BCUT2D eigenvalue weighted by Gasteiger charge is -2.09. The van der Waals surface area contributed by atoms with Gasteiger partial charge in [-0.15, -0.1) is 0 Å². The Morgan fingerprint density at radius 3 is 2.68 bits per heavy atom. The number of aromatic nitrogens is 3. The van der Waals surface area contributed by atoms with E-state index in [1.54, 1.807) is 23.7 Å². The first-order valence-electron chi connectivity index (χ1n) is 5.87. The van der Waals surface area contributed by atoms with Crippen LogP contribution in [0, 0.1) is 6.92 Å². The van der Waals surface area contributed by atoms with Crippen LogP contribution in [0.25, 0.3) is 5.69 Å². The number of aryl methyl sites for hydroxylation is 1. The van der Waals surface area contributed by atoms with E-state index in [1.165, 1.54) is 6.07 Å². The molecule has 0 aliphatic carbocycles. The van der Waals surface area contributed by atoms with E-state index < -0.39 is 5.97 Å². The minimum atomic E-state index is -1.06. The van der Waals surface area contributed by atoms with Crippen LogP contribution in [0.1, 0.15) is 41.8 Å². The first-order valence-corrected chi connectivity index (χ1v) is 6.24. The summed E-state index contributed by atoms with van der Waals surface area (Å²) in [5, 5.41) is 13.6. The molecule has 0 spiro atoms. The van der Waals surface area contributed by atoms with Gasteiger partial charge in [0.1, 0.15) is 11.6 Å². The molecule has 0 fully saturated rings. The van der Waals surface area contributed by atoms with Gasteiger partial charge >= 0.3 is 5.97 Å². The fourth-order valence-corrected chi connectivity index (χ4v) is 2.00. The largest absolute Gasteiger partial charge is 0.478 e. The Morgan fingerprint density at radius 2 is 2.11 bits per heavy atom. The van der Waals surface area contributed by atoms with E-state index in [4.69, 9.17) is 16.7 Å². The molecule has 1 heterocycles. The average molecular weight is 280 g/mol. The maximum absolute atomic E-state index is 11.1. The SMILES string of the molecule is Cc1nc(C(C)C)n(-c2ccc(Cl)c(C(=O)O)c2)n1. The molecule has 0 unspecified atom stereocenters. The summed E-state index contributed by atoms with van der Waals surface area (Å²) >= 11 is 5.86. The molecule has 0 saturated carbocycles. The van der Waals surface area contributed by atoms with Crippen LogP contribution in [0.5, 0.6) is 0 Å². The molecule has 0 aliphatic rings. The van der Waals surface area contributed by atoms with Crippen molar-refractivity contribution in [1.82, 2.24) is 14.8 Å². The van der Waals surface area contributed by atoms with Crippen molar-refractivity contribution in [2.45, 2.75) is 26.7 Å². The third-order valence-corrected chi connectivity index (χ3v) is 3.01. The number of carbonyl (C=O) groups is 1. The van der Waals surface area contributed by atoms with Gasteiger partial charge in [-0.3, -0.25) is 0 Å². The number of halogens is 1. The summed E-state index contributed by atoms with van der Waals surface area (Å²) in [4.78, 5) is 15.5. The van der Waals surface area contributed by atoms with Crippen LogP contribution < -0.4 is 0 Å². The van der Waals surface area contributed by atoms with E-state index in [1.807, 2.05) is 13.8 Å². The lowest BCUT2D eigenvalue weighted by Crippen LogP contribution is -2.07. The zero-order valence-electron chi connectivity index (χ0n) is 10.9. The van der Waals surface area contributed by atoms with Crippen LogP contribution in [0.4, 0.5) is 0 Å². The van der Waals surface area contributed by atoms with Crippen LogP contribution in [0.3, 0.4) is 0 Å². The van der Waals surface area contributed by atoms with Gasteiger partial charge in [0.2, 0.25) is 0 Å². The highest BCUT2D eigenvalue weighted by Gasteiger charge is 2.15. The highest BCUT2D eigenvalue weighted by molar-refractivity contribution is 6.33. The molecule has 6 heteroatoms. The standard InChI is InChI=1S/C13H14ClN3O2/c1-7(2)12-15-8(3)16-17(12)9-4-5-11(14)10(6-9)13(18)19/h4-7H,1-3H3,(H,18,19). The third kappa shape index (κ3) is 2.61. The average Bonchev–Trinajstić information content (AvgIpc) is 2.71. The molecule has 0 radical (unpaired) electrons. The monoisotopic (exact) mass is 279 g/mol. The van der Waals surface area contributed by atoms with Gasteiger partial charge in [0.25, 0.3) is 0 Å². The Morgan fingerprint density at radius 1 is 1.42 bits per heavy atom. The molecular weight excluding hydrogens is 266 g/mol. The molecule has 1 aromatic heterocycles. The minimum absolute atomic E-state index is 0.0574. The number of hydrogen-bond acceptors (Lipinski definition) is 3. The fourth-order valence-electron chi connectivity index (χ4n) is 1.80. The molecule has 100 valence electrons. The molecule has 0 amide bonds. The lowest BCUT2D eigenvalue weighted by molar-refractivity contribution is 0.0697. The van der Waals surface area contributed by atoms with Gasteiger partial charge in [-0.25, -0.2) is 14.5 Å². The molecule has 0 saturated heterocycles. The van der Waals surface area contributed by atoms with E-state index in [-0.39, 0.29) is 16.5 Å². The van der Waals surface area contributed by atoms with Crippen LogP contribution in [-0.4, -0.2) is 25.8 Å². The van der Waals surface area contributed by atoms with Crippen molar-refractivity contribution in [3.05, 3.63) is 40.4 Å². The predicted octanol–water partition coefficient (Wildman–Crippen LogP) is 3.05. The second-order valence-electron chi connectivity index (χ2n) is 4.55. The van der Waals surface area contributed by atoms with Crippen LogP contribution in [-0.2, 0) is 0 Å². The molecule has 5 nitrogen and oxygen atoms in total. The molecule has 1 N–H and O–H groups in total. The van der Waals surface area contributed by atoms with E-state index >= 15 is 0 Å². The van der Waals surface area contributed by atoms with Gasteiger partial charge in [0.05, 0.1) is 16.3 Å². The highest BCUT2D eigenvalue weighted by atomic mass is 35.5. The van der Waals surface area contributed by atoms with Crippen molar-refractivity contribution in [2.24, 2.45) is 0 Å². The smallest absolute Gasteiger partial charge is 0.337 e. The topological polar surface area (TPSA) is 68.0 Å². The summed E-state index contributed by atoms with van der Waals surface area (Å²) in [5.74, 6) is 0.562. The summed E-state index contributed by atoms with van der Waals surface area (Å²) in [7, 11) is 0. The highest BCUT2D eigenvalue weighted by Crippen LogP contribution is 2.22. The normalized spacial score (nSPS) is 11.0. The van der Waals surface area contributed by atoms with Crippen LogP contribution >= 0.6 is 11.6 Å². The van der Waals surface area contributed by atoms with Gasteiger partial charge < -0.3 is 5.11 Å². The van der Waals surface area contributed by atoms with Crippen molar-refractivity contribution in [3.8, 4) is 5.69 Å². The number of carboxylic acids is 1. The zero-order chi connectivity index (χ0) is 14.2. The Kier molecular flexibility index (Phi) is 3.57. The van der Waals surface area contributed by atoms with Crippen molar-refractivity contribution in [2.75, 3.05) is 0 Å². The molecule has 1 aromatic carbocycles. The zero-order valence-corrected chi connectivity index (χ0v) is 11.6. The number of hydrogen-bond donors (Lipinski definition) is 1. The first kappa shape index (κ1) is 13.5. The Hall–Kier alpha value is -1.88. The summed E-state index contributed by atoms with van der Waals surface area (Å²) in [5.41, 5.74) is 0.702. The lowest BCUT2D eigenvalue weighted by atomic mass is 10.1. The summed E-state index contributed by atoms with van der Waals surface area (Å²) in [6, 6.07) is 4.79. The van der Waals surface area contributed by atoms with E-state index in [0.29, 0.717) is 11.5 Å². The molecule has 2 rings (SSSR count). The third-order valence-electron chi connectivity index (χ3n) is 2.68. The van der Waals surface area contributed by atoms with Gasteiger partial charge in [-0.2, -0.15) is 5.10 Å².